The maximum absolute atomic E-state index is 14.4. The van der Waals surface area contributed by atoms with Gasteiger partial charge in [-0.25, -0.2) is 8.78 Å². The topological polar surface area (TPSA) is 100 Å². The standard InChI is InChI=1S/C26H18F5N3O4/c1-2-37-23-6-4-14(7-21(23)33-36)16-8-24(38-13-16)22-10-19(26(29,30)31)18(11-32)25(35)34(22)12-15-3-5-17(27)9-20(15)28/h3-10,13,33,36H,2,12H2,1H3. The fourth-order valence-electron chi connectivity index (χ4n) is 3.86. The number of nitriles is 1. The SMILES string of the molecule is CCOc1ccc(-c2coc(-c3cc(C(F)(F)F)c(C#N)c(=O)n3Cc3ccc(F)cc3F)c2)cc1NO. The van der Waals surface area contributed by atoms with Crippen LogP contribution in [0.3, 0.4) is 0 Å². The molecule has 0 amide bonds. The summed E-state index contributed by atoms with van der Waals surface area (Å²) in [5, 5.41) is 18.7. The van der Waals surface area contributed by atoms with Gasteiger partial charge in [-0.15, -0.1) is 0 Å². The van der Waals surface area contributed by atoms with Gasteiger partial charge in [0.15, 0.2) is 5.76 Å². The second kappa shape index (κ2) is 10.4. The Morgan fingerprint density at radius 2 is 1.87 bits per heavy atom. The van der Waals surface area contributed by atoms with Gasteiger partial charge in [-0.05, 0) is 42.8 Å². The monoisotopic (exact) mass is 531 g/mol. The zero-order valence-corrected chi connectivity index (χ0v) is 19.6. The molecule has 4 aromatic rings. The van der Waals surface area contributed by atoms with E-state index in [1.165, 1.54) is 24.5 Å². The largest absolute Gasteiger partial charge is 0.492 e. The highest BCUT2D eigenvalue weighted by Gasteiger charge is 2.37. The fraction of sp³-hybridized carbons (Fsp3) is 0.154. The van der Waals surface area contributed by atoms with E-state index in [4.69, 9.17) is 9.15 Å². The number of nitrogens with zero attached hydrogens (tertiary/aromatic N) is 2. The van der Waals surface area contributed by atoms with Gasteiger partial charge in [-0.3, -0.25) is 20.0 Å². The molecule has 0 atom stereocenters. The lowest BCUT2D eigenvalue weighted by Crippen LogP contribution is -2.29. The van der Waals surface area contributed by atoms with Crippen LogP contribution in [0.1, 0.15) is 23.6 Å². The Morgan fingerprint density at radius 1 is 1.11 bits per heavy atom. The second-order valence-electron chi connectivity index (χ2n) is 8.01. The van der Waals surface area contributed by atoms with Crippen molar-refractivity contribution in [2.75, 3.05) is 12.1 Å². The zero-order valence-electron chi connectivity index (χ0n) is 19.6. The number of alkyl halides is 3. The molecule has 0 spiro atoms. The minimum atomic E-state index is -5.05. The van der Waals surface area contributed by atoms with E-state index in [0.29, 0.717) is 35.6 Å². The molecule has 0 saturated heterocycles. The molecule has 196 valence electrons. The first-order valence-corrected chi connectivity index (χ1v) is 11.0. The molecule has 0 aliphatic heterocycles. The van der Waals surface area contributed by atoms with Crippen molar-refractivity contribution < 1.29 is 36.3 Å². The lowest BCUT2D eigenvalue weighted by molar-refractivity contribution is -0.137. The van der Waals surface area contributed by atoms with Crippen molar-refractivity contribution in [3.8, 4) is 34.4 Å². The molecule has 0 unspecified atom stereocenters. The summed E-state index contributed by atoms with van der Waals surface area (Å²) in [4.78, 5) is 13.1. The number of hydrogen-bond acceptors (Lipinski definition) is 6. The number of ether oxygens (including phenoxy) is 1. The molecular weight excluding hydrogens is 513 g/mol. The van der Waals surface area contributed by atoms with Crippen molar-refractivity contribution in [2.45, 2.75) is 19.6 Å². The van der Waals surface area contributed by atoms with Crippen molar-refractivity contribution in [1.29, 1.82) is 5.26 Å². The van der Waals surface area contributed by atoms with E-state index < -0.39 is 41.0 Å². The van der Waals surface area contributed by atoms with E-state index in [1.807, 2.05) is 5.48 Å². The van der Waals surface area contributed by atoms with Gasteiger partial charge in [0.25, 0.3) is 5.56 Å². The van der Waals surface area contributed by atoms with Crippen LogP contribution in [0.5, 0.6) is 5.75 Å². The number of pyridine rings is 1. The molecule has 4 rings (SSSR count). The van der Waals surface area contributed by atoms with Crippen molar-refractivity contribution >= 4 is 5.69 Å². The summed E-state index contributed by atoms with van der Waals surface area (Å²) in [5.74, 6) is -1.76. The third-order valence-corrected chi connectivity index (χ3v) is 5.65. The summed E-state index contributed by atoms with van der Waals surface area (Å²) >= 11 is 0. The number of furan rings is 1. The number of rotatable bonds is 7. The highest BCUT2D eigenvalue weighted by Crippen LogP contribution is 2.37. The van der Waals surface area contributed by atoms with Gasteiger partial charge in [0.2, 0.25) is 0 Å². The van der Waals surface area contributed by atoms with Crippen LogP contribution in [0, 0.1) is 23.0 Å². The van der Waals surface area contributed by atoms with E-state index >= 15 is 0 Å². The average molecular weight is 531 g/mol. The quantitative estimate of drug-likeness (QED) is 0.218. The Hall–Kier alpha value is -4.63. The summed E-state index contributed by atoms with van der Waals surface area (Å²) in [5.41, 5.74) is -1.52. The maximum Gasteiger partial charge on any atom is 0.417 e. The smallest absolute Gasteiger partial charge is 0.417 e. The highest BCUT2D eigenvalue weighted by molar-refractivity contribution is 5.74. The molecule has 0 fully saturated rings. The number of halogens is 5. The van der Waals surface area contributed by atoms with Crippen LogP contribution in [-0.2, 0) is 12.7 Å². The first-order chi connectivity index (χ1) is 18.1. The molecule has 12 heteroatoms. The zero-order chi connectivity index (χ0) is 27.6. The average Bonchev–Trinajstić information content (AvgIpc) is 3.36. The number of nitrogens with one attached hydrogen (secondary N) is 1. The van der Waals surface area contributed by atoms with Gasteiger partial charge in [-0.2, -0.15) is 18.4 Å². The molecular formula is C26H18F5N3O4. The van der Waals surface area contributed by atoms with Crippen LogP contribution in [-0.4, -0.2) is 16.4 Å². The van der Waals surface area contributed by atoms with Crippen LogP contribution >= 0.6 is 0 Å². The van der Waals surface area contributed by atoms with E-state index in [2.05, 4.69) is 0 Å². The molecule has 2 heterocycles. The van der Waals surface area contributed by atoms with Crippen LogP contribution in [0.15, 0.2) is 64.0 Å². The number of aromatic nitrogens is 1. The summed E-state index contributed by atoms with van der Waals surface area (Å²) in [6.07, 6.45) is -3.84. The van der Waals surface area contributed by atoms with Crippen molar-refractivity contribution in [3.63, 3.8) is 0 Å². The minimum absolute atomic E-state index is 0.193. The fourth-order valence-corrected chi connectivity index (χ4v) is 3.86. The Kier molecular flexibility index (Phi) is 7.23. The van der Waals surface area contributed by atoms with Gasteiger partial charge in [0.1, 0.15) is 34.7 Å². The van der Waals surface area contributed by atoms with Crippen molar-refractivity contribution in [1.82, 2.24) is 4.57 Å². The Labute approximate surface area is 211 Å². The van der Waals surface area contributed by atoms with Crippen molar-refractivity contribution in [2.24, 2.45) is 0 Å². The molecule has 0 radical (unpaired) electrons. The Morgan fingerprint density at radius 3 is 2.50 bits per heavy atom. The van der Waals surface area contributed by atoms with Gasteiger partial charge in [-0.1, -0.05) is 12.1 Å². The third kappa shape index (κ3) is 5.09. The Bertz CT molecular complexity index is 1600. The molecule has 38 heavy (non-hydrogen) atoms. The molecule has 0 aliphatic carbocycles. The van der Waals surface area contributed by atoms with Crippen molar-refractivity contribution in [3.05, 3.63) is 93.5 Å². The minimum Gasteiger partial charge on any atom is -0.492 e. The lowest BCUT2D eigenvalue weighted by atomic mass is 10.0. The number of anilines is 1. The summed E-state index contributed by atoms with van der Waals surface area (Å²) in [7, 11) is 0. The summed E-state index contributed by atoms with van der Waals surface area (Å²) in [6, 6.07) is 10.4. The van der Waals surface area contributed by atoms with E-state index in [-0.39, 0.29) is 22.7 Å². The van der Waals surface area contributed by atoms with E-state index in [9.17, 15) is 37.2 Å². The molecule has 0 saturated carbocycles. The van der Waals surface area contributed by atoms with Gasteiger partial charge in [0.05, 0.1) is 30.7 Å². The maximum atomic E-state index is 14.4. The molecule has 0 aliphatic rings. The van der Waals surface area contributed by atoms with Crippen LogP contribution in [0.25, 0.3) is 22.6 Å². The Balaban J connectivity index is 1.89. The van der Waals surface area contributed by atoms with Crippen LogP contribution in [0.2, 0.25) is 0 Å². The van der Waals surface area contributed by atoms with Gasteiger partial charge >= 0.3 is 6.18 Å². The van der Waals surface area contributed by atoms with E-state index in [0.717, 1.165) is 16.7 Å². The first kappa shape index (κ1) is 26.4. The third-order valence-electron chi connectivity index (χ3n) is 5.65. The van der Waals surface area contributed by atoms with E-state index in [1.54, 1.807) is 19.1 Å². The van der Waals surface area contributed by atoms with Gasteiger partial charge in [0, 0.05) is 17.2 Å². The summed E-state index contributed by atoms with van der Waals surface area (Å²) < 4.78 is 80.7. The predicted molar refractivity (Wildman–Crippen MR) is 126 cm³/mol. The van der Waals surface area contributed by atoms with Crippen LogP contribution in [0.4, 0.5) is 27.6 Å². The molecule has 2 N–H and O–H groups in total. The highest BCUT2D eigenvalue weighted by atomic mass is 19.4. The molecule has 2 aromatic heterocycles. The van der Waals surface area contributed by atoms with Gasteiger partial charge < -0.3 is 9.15 Å². The molecule has 2 aromatic carbocycles. The second-order valence-corrected chi connectivity index (χ2v) is 8.01. The molecule has 7 nitrogen and oxygen atoms in total. The number of benzene rings is 2. The first-order valence-electron chi connectivity index (χ1n) is 11.0. The lowest BCUT2D eigenvalue weighted by Gasteiger charge is -2.16. The summed E-state index contributed by atoms with van der Waals surface area (Å²) in [6.45, 7) is 1.47. The normalized spacial score (nSPS) is 11.3. The van der Waals surface area contributed by atoms with Crippen LogP contribution < -0.4 is 15.8 Å². The number of hydrogen-bond donors (Lipinski definition) is 2. The predicted octanol–water partition coefficient (Wildman–Crippen LogP) is 6.19. The molecule has 0 bridgehead atoms.